The van der Waals surface area contributed by atoms with E-state index in [4.69, 9.17) is 0 Å². The average molecular weight is 342 g/mol. The largest absolute Gasteiger partial charge is 0.349 e. The van der Waals surface area contributed by atoms with Crippen LogP contribution in [0.4, 0.5) is 0 Å². The lowest BCUT2D eigenvalue weighted by atomic mass is 10.0. The smallest absolute Gasteiger partial charge is 0.262 e. The van der Waals surface area contributed by atoms with Gasteiger partial charge in [0, 0.05) is 22.9 Å². The molecule has 3 aromatic rings. The number of benzene rings is 1. The van der Waals surface area contributed by atoms with Gasteiger partial charge in [0.1, 0.15) is 0 Å². The number of hydrogen-bond donors (Lipinski definition) is 1. The van der Waals surface area contributed by atoms with Gasteiger partial charge < -0.3 is 5.32 Å². The topological polar surface area (TPSA) is 29.1 Å². The molecule has 23 heavy (non-hydrogen) atoms. The maximum absolute atomic E-state index is 12.6. The molecule has 118 valence electrons. The van der Waals surface area contributed by atoms with Crippen molar-refractivity contribution >= 4 is 28.6 Å². The van der Waals surface area contributed by atoms with Crippen LogP contribution in [-0.2, 0) is 6.42 Å². The summed E-state index contributed by atoms with van der Waals surface area (Å²) in [5.41, 5.74) is 3.32. The molecule has 0 unspecified atom stereocenters. The lowest BCUT2D eigenvalue weighted by Gasteiger charge is -2.13. The number of carbonyl (C=O) groups is 1. The summed E-state index contributed by atoms with van der Waals surface area (Å²) in [4.78, 5) is 14.7. The maximum Gasteiger partial charge on any atom is 0.262 e. The van der Waals surface area contributed by atoms with Crippen molar-refractivity contribution in [1.29, 1.82) is 0 Å². The fourth-order valence-electron chi connectivity index (χ4n) is 2.52. The number of carbonyl (C=O) groups excluding carboxylic acids is 1. The molecule has 0 fully saturated rings. The van der Waals surface area contributed by atoms with E-state index in [-0.39, 0.29) is 11.9 Å². The summed E-state index contributed by atoms with van der Waals surface area (Å²) in [6, 6.07) is 14.6. The zero-order chi connectivity index (χ0) is 16.2. The van der Waals surface area contributed by atoms with Gasteiger partial charge in [-0.1, -0.05) is 35.9 Å². The zero-order valence-corrected chi connectivity index (χ0v) is 14.8. The highest BCUT2D eigenvalue weighted by Crippen LogP contribution is 2.28. The molecule has 1 N–H and O–H groups in total. The van der Waals surface area contributed by atoms with Crippen LogP contribution in [0.1, 0.15) is 27.0 Å². The molecule has 0 aliphatic rings. The number of rotatable bonds is 5. The monoisotopic (exact) mass is 341 g/mol. The van der Waals surface area contributed by atoms with Crippen LogP contribution in [0.2, 0.25) is 0 Å². The van der Waals surface area contributed by atoms with E-state index in [1.807, 2.05) is 17.5 Å². The van der Waals surface area contributed by atoms with Crippen molar-refractivity contribution < 1.29 is 4.79 Å². The molecule has 4 heteroatoms. The summed E-state index contributed by atoms with van der Waals surface area (Å²) in [6.45, 7) is 4.12. The molecule has 2 heterocycles. The van der Waals surface area contributed by atoms with Gasteiger partial charge in [-0.2, -0.15) is 0 Å². The van der Waals surface area contributed by atoms with Crippen molar-refractivity contribution in [2.24, 2.45) is 0 Å². The molecule has 0 saturated heterocycles. The Morgan fingerprint density at radius 3 is 2.57 bits per heavy atom. The zero-order valence-electron chi connectivity index (χ0n) is 13.2. The summed E-state index contributed by atoms with van der Waals surface area (Å²) >= 11 is 3.23. The second-order valence-corrected chi connectivity index (χ2v) is 7.64. The first-order valence-corrected chi connectivity index (χ1v) is 9.37. The van der Waals surface area contributed by atoms with Gasteiger partial charge in [0.05, 0.1) is 4.88 Å². The molecule has 0 aliphatic carbocycles. The highest BCUT2D eigenvalue weighted by molar-refractivity contribution is 7.12. The first kappa shape index (κ1) is 16.0. The second kappa shape index (κ2) is 7.11. The fraction of sp³-hybridized carbons (Fsp3) is 0.211. The Balaban J connectivity index is 1.73. The Kier molecular flexibility index (Phi) is 4.94. The van der Waals surface area contributed by atoms with E-state index in [0.29, 0.717) is 0 Å². The molecule has 3 rings (SSSR count). The Morgan fingerprint density at radius 2 is 1.87 bits per heavy atom. The van der Waals surface area contributed by atoms with Crippen molar-refractivity contribution in [2.45, 2.75) is 26.3 Å². The molecular formula is C19H19NOS2. The average Bonchev–Trinajstić information content (AvgIpc) is 3.19. The van der Waals surface area contributed by atoms with Crippen LogP contribution in [0, 0.1) is 6.92 Å². The summed E-state index contributed by atoms with van der Waals surface area (Å²) < 4.78 is 0. The second-order valence-electron chi connectivity index (χ2n) is 5.69. The van der Waals surface area contributed by atoms with Crippen molar-refractivity contribution in [3.05, 3.63) is 68.5 Å². The van der Waals surface area contributed by atoms with Crippen LogP contribution in [-0.4, -0.2) is 11.9 Å². The van der Waals surface area contributed by atoms with E-state index in [1.165, 1.54) is 21.8 Å². The number of hydrogen-bond acceptors (Lipinski definition) is 3. The van der Waals surface area contributed by atoms with E-state index in [1.54, 1.807) is 11.3 Å². The van der Waals surface area contributed by atoms with Gasteiger partial charge in [0.15, 0.2) is 0 Å². The minimum Gasteiger partial charge on any atom is -0.349 e. The summed E-state index contributed by atoms with van der Waals surface area (Å²) in [5.74, 6) is 0.0135. The summed E-state index contributed by atoms with van der Waals surface area (Å²) in [7, 11) is 0. The normalized spacial score (nSPS) is 12.1. The van der Waals surface area contributed by atoms with Gasteiger partial charge in [-0.05, 0) is 42.3 Å². The summed E-state index contributed by atoms with van der Waals surface area (Å²) in [5, 5.41) is 7.17. The Bertz CT molecular complexity index is 772. The molecule has 1 amide bonds. The SMILES string of the molecule is Cc1ccc(-c2ccsc2C(=O)N[C@@H](C)Cc2cccs2)cc1. The van der Waals surface area contributed by atoms with Gasteiger partial charge in [-0.3, -0.25) is 4.79 Å². The highest BCUT2D eigenvalue weighted by Gasteiger charge is 2.16. The van der Waals surface area contributed by atoms with Crippen LogP contribution in [0.15, 0.2) is 53.2 Å². The molecule has 1 atom stereocenters. The third-order valence-corrected chi connectivity index (χ3v) is 5.51. The van der Waals surface area contributed by atoms with Gasteiger partial charge in [-0.25, -0.2) is 0 Å². The van der Waals surface area contributed by atoms with Gasteiger partial charge in [-0.15, -0.1) is 22.7 Å². The third-order valence-electron chi connectivity index (χ3n) is 3.70. The number of nitrogens with one attached hydrogen (secondary N) is 1. The number of amides is 1. The molecule has 0 bridgehead atoms. The molecular weight excluding hydrogens is 322 g/mol. The molecule has 2 nitrogen and oxygen atoms in total. The van der Waals surface area contributed by atoms with E-state index in [9.17, 15) is 4.79 Å². The van der Waals surface area contributed by atoms with Gasteiger partial charge in [0.25, 0.3) is 5.91 Å². The van der Waals surface area contributed by atoms with Crippen molar-refractivity contribution in [3.63, 3.8) is 0 Å². The Labute approximate surface area is 144 Å². The van der Waals surface area contributed by atoms with E-state index in [0.717, 1.165) is 22.4 Å². The first-order valence-electron chi connectivity index (χ1n) is 7.61. The number of thiophene rings is 2. The lowest BCUT2D eigenvalue weighted by Crippen LogP contribution is -2.33. The Morgan fingerprint density at radius 1 is 1.09 bits per heavy atom. The molecule has 0 spiro atoms. The minimum atomic E-state index is 0.0135. The van der Waals surface area contributed by atoms with Gasteiger partial charge in [0.2, 0.25) is 0 Å². The molecule has 0 saturated carbocycles. The van der Waals surface area contributed by atoms with Crippen LogP contribution in [0.3, 0.4) is 0 Å². The van der Waals surface area contributed by atoms with Crippen LogP contribution in [0.25, 0.3) is 11.1 Å². The minimum absolute atomic E-state index is 0.0135. The van der Waals surface area contributed by atoms with E-state index in [2.05, 4.69) is 54.9 Å². The van der Waals surface area contributed by atoms with Crippen molar-refractivity contribution in [3.8, 4) is 11.1 Å². The quantitative estimate of drug-likeness (QED) is 0.683. The predicted octanol–water partition coefficient (Wildman–Crippen LogP) is 5.15. The van der Waals surface area contributed by atoms with Crippen LogP contribution < -0.4 is 5.32 Å². The first-order chi connectivity index (χ1) is 11.1. The summed E-state index contributed by atoms with van der Waals surface area (Å²) in [6.07, 6.45) is 0.870. The third kappa shape index (κ3) is 3.89. The molecule has 0 radical (unpaired) electrons. The molecule has 1 aromatic carbocycles. The fourth-order valence-corrected chi connectivity index (χ4v) is 4.17. The van der Waals surface area contributed by atoms with Crippen molar-refractivity contribution in [2.75, 3.05) is 0 Å². The highest BCUT2D eigenvalue weighted by atomic mass is 32.1. The lowest BCUT2D eigenvalue weighted by molar-refractivity contribution is 0.0945. The molecule has 2 aromatic heterocycles. The van der Waals surface area contributed by atoms with Crippen LogP contribution in [0.5, 0.6) is 0 Å². The van der Waals surface area contributed by atoms with E-state index < -0.39 is 0 Å². The Hall–Kier alpha value is -1.91. The van der Waals surface area contributed by atoms with E-state index >= 15 is 0 Å². The van der Waals surface area contributed by atoms with Crippen molar-refractivity contribution in [1.82, 2.24) is 5.32 Å². The van der Waals surface area contributed by atoms with Gasteiger partial charge >= 0.3 is 0 Å². The standard InChI is InChI=1S/C19H19NOS2/c1-13-5-7-15(8-6-13)17-9-11-23-18(17)19(21)20-14(2)12-16-4-3-10-22-16/h3-11,14H,12H2,1-2H3,(H,20,21)/t14-/m0/s1. The maximum atomic E-state index is 12.6. The van der Waals surface area contributed by atoms with Crippen LogP contribution >= 0.6 is 22.7 Å². The predicted molar refractivity (Wildman–Crippen MR) is 99.4 cm³/mol. The number of aryl methyl sites for hydroxylation is 1. The molecule has 0 aliphatic heterocycles.